The fraction of sp³-hybridized carbons (Fsp3) is 0.448. The maximum atomic E-state index is 11.6. The SMILES string of the molecule is C.O=C(CCCOc1cccc(Br)c1)N[C@H]1CCOC1=O.O=C(O)CCCOc1cccc(Br)c1.O=C1OCC[C@@H]1NBr.S. The lowest BCUT2D eigenvalue weighted by atomic mass is 10.2. The summed E-state index contributed by atoms with van der Waals surface area (Å²) >= 11 is 9.65. The van der Waals surface area contributed by atoms with Crippen LogP contribution in [0.25, 0.3) is 0 Å². The van der Waals surface area contributed by atoms with Crippen molar-refractivity contribution in [2.75, 3.05) is 26.4 Å². The van der Waals surface area contributed by atoms with Crippen molar-refractivity contribution in [1.29, 1.82) is 0 Å². The minimum absolute atomic E-state index is 0. The molecule has 2 saturated heterocycles. The van der Waals surface area contributed by atoms with E-state index in [1.165, 1.54) is 0 Å². The summed E-state index contributed by atoms with van der Waals surface area (Å²) in [6, 6.07) is 14.4. The number of hydrogen-bond acceptors (Lipinski definition) is 9. The second-order valence-corrected chi connectivity index (χ2v) is 11.2. The van der Waals surface area contributed by atoms with Gasteiger partial charge in [-0.15, -0.1) is 0 Å². The van der Waals surface area contributed by atoms with Crippen molar-refractivity contribution in [3.05, 3.63) is 57.5 Å². The van der Waals surface area contributed by atoms with Gasteiger partial charge in [-0.05, 0) is 49.2 Å². The first-order chi connectivity index (χ1) is 20.2. The van der Waals surface area contributed by atoms with E-state index < -0.39 is 12.0 Å². The first kappa shape index (κ1) is 41.7. The monoisotopic (exact) mass is 828 g/mol. The van der Waals surface area contributed by atoms with Crippen molar-refractivity contribution in [2.45, 2.75) is 58.0 Å². The molecule has 2 aliphatic heterocycles. The van der Waals surface area contributed by atoms with Gasteiger partial charge in [0.1, 0.15) is 23.6 Å². The number of rotatable bonds is 12. The number of cyclic esters (lactones) is 2. The molecular formula is C29H39Br3N2O9S. The number of halogens is 3. The highest BCUT2D eigenvalue weighted by Crippen LogP contribution is 2.19. The quantitative estimate of drug-likeness (QED) is 0.139. The molecule has 2 aromatic carbocycles. The molecule has 2 heterocycles. The van der Waals surface area contributed by atoms with E-state index in [1.54, 1.807) is 0 Å². The summed E-state index contributed by atoms with van der Waals surface area (Å²) in [5, 5.41) is 11.1. The molecule has 2 atom stereocenters. The van der Waals surface area contributed by atoms with Gasteiger partial charge in [-0.2, -0.15) is 13.5 Å². The number of aliphatic carboxylic acids is 1. The summed E-state index contributed by atoms with van der Waals surface area (Å²) in [6.45, 7) is 1.82. The Balaban J connectivity index is 0.000000672. The van der Waals surface area contributed by atoms with Gasteiger partial charge in [0, 0.05) is 50.8 Å². The van der Waals surface area contributed by atoms with Crippen molar-refractivity contribution < 1.29 is 43.2 Å². The van der Waals surface area contributed by atoms with Gasteiger partial charge in [0.05, 0.1) is 26.4 Å². The molecule has 0 bridgehead atoms. The molecule has 0 radical (unpaired) electrons. The number of amides is 1. The Labute approximate surface area is 290 Å². The average molecular weight is 831 g/mol. The molecule has 44 heavy (non-hydrogen) atoms. The third-order valence-corrected chi connectivity index (χ3v) is 7.09. The zero-order valence-corrected chi connectivity index (χ0v) is 28.9. The second kappa shape index (κ2) is 24.0. The van der Waals surface area contributed by atoms with Crippen LogP contribution in [0, 0.1) is 0 Å². The maximum absolute atomic E-state index is 11.6. The summed E-state index contributed by atoms with van der Waals surface area (Å²) in [7, 11) is 0. The molecule has 2 aliphatic rings. The van der Waals surface area contributed by atoms with Gasteiger partial charge in [0.15, 0.2) is 0 Å². The number of carbonyl (C=O) groups is 4. The second-order valence-electron chi connectivity index (χ2n) is 8.91. The fourth-order valence-corrected chi connectivity index (χ4v) is 4.61. The lowest BCUT2D eigenvalue weighted by Crippen LogP contribution is -2.37. The molecule has 1 amide bonds. The Morgan fingerprint density at radius 1 is 0.841 bits per heavy atom. The van der Waals surface area contributed by atoms with Crippen LogP contribution in [0.15, 0.2) is 57.5 Å². The minimum Gasteiger partial charge on any atom is -0.494 e. The first-order valence-electron chi connectivity index (χ1n) is 13.1. The number of benzene rings is 2. The van der Waals surface area contributed by atoms with Crippen LogP contribution >= 0.6 is 61.5 Å². The summed E-state index contributed by atoms with van der Waals surface area (Å²) in [5.41, 5.74) is 0. The van der Waals surface area contributed by atoms with Gasteiger partial charge >= 0.3 is 17.9 Å². The summed E-state index contributed by atoms with van der Waals surface area (Å²) in [6.07, 6.45) is 2.93. The van der Waals surface area contributed by atoms with Crippen LogP contribution in [0.1, 0.15) is 46.0 Å². The van der Waals surface area contributed by atoms with E-state index in [4.69, 9.17) is 19.3 Å². The molecule has 0 aliphatic carbocycles. The Kier molecular flexibility index (Phi) is 22.7. The summed E-state index contributed by atoms with van der Waals surface area (Å²) < 4.78 is 24.8. The van der Waals surface area contributed by atoms with Crippen LogP contribution in [0.2, 0.25) is 0 Å². The lowest BCUT2D eigenvalue weighted by Gasteiger charge is -2.09. The van der Waals surface area contributed by atoms with E-state index in [1.807, 2.05) is 48.5 Å². The molecular weight excluding hydrogens is 792 g/mol. The van der Waals surface area contributed by atoms with Crippen LogP contribution in [-0.2, 0) is 28.7 Å². The summed E-state index contributed by atoms with van der Waals surface area (Å²) in [5.74, 6) is 0.0732. The lowest BCUT2D eigenvalue weighted by molar-refractivity contribution is -0.141. The highest BCUT2D eigenvalue weighted by atomic mass is 79.9. The Hall–Kier alpha value is -2.33. The molecule has 11 nitrogen and oxygen atoms in total. The highest BCUT2D eigenvalue weighted by Gasteiger charge is 2.27. The number of hydrogen-bond donors (Lipinski definition) is 3. The van der Waals surface area contributed by atoms with E-state index in [-0.39, 0.29) is 51.2 Å². The van der Waals surface area contributed by atoms with E-state index in [9.17, 15) is 19.2 Å². The molecule has 15 heteroatoms. The van der Waals surface area contributed by atoms with Gasteiger partial charge in [-0.25, -0.2) is 9.14 Å². The number of esters is 2. The van der Waals surface area contributed by atoms with Crippen LogP contribution in [0.3, 0.4) is 0 Å². The Morgan fingerprint density at radius 3 is 1.70 bits per heavy atom. The molecule has 2 aromatic rings. The van der Waals surface area contributed by atoms with E-state index in [0.29, 0.717) is 52.1 Å². The van der Waals surface area contributed by atoms with Crippen molar-refractivity contribution in [1.82, 2.24) is 9.66 Å². The fourth-order valence-electron chi connectivity index (χ4n) is 3.44. The van der Waals surface area contributed by atoms with Gasteiger partial charge in [0.2, 0.25) is 5.91 Å². The topological polar surface area (TPSA) is 149 Å². The predicted octanol–water partition coefficient (Wildman–Crippen LogP) is 5.68. The summed E-state index contributed by atoms with van der Waals surface area (Å²) in [4.78, 5) is 43.5. The van der Waals surface area contributed by atoms with Gasteiger partial charge in [-0.1, -0.05) is 51.4 Å². The van der Waals surface area contributed by atoms with Crippen LogP contribution < -0.4 is 19.1 Å². The van der Waals surface area contributed by atoms with Crippen molar-refractivity contribution in [3.63, 3.8) is 0 Å². The van der Waals surface area contributed by atoms with Crippen LogP contribution in [0.4, 0.5) is 0 Å². The molecule has 0 spiro atoms. The number of ether oxygens (including phenoxy) is 4. The zero-order valence-electron chi connectivity index (χ0n) is 23.2. The third kappa shape index (κ3) is 17.8. The van der Waals surface area contributed by atoms with Crippen molar-refractivity contribution >= 4 is 85.3 Å². The van der Waals surface area contributed by atoms with Crippen LogP contribution in [0.5, 0.6) is 11.5 Å². The molecule has 246 valence electrons. The largest absolute Gasteiger partial charge is 0.494 e. The molecule has 0 saturated carbocycles. The molecule has 4 rings (SSSR count). The smallest absolute Gasteiger partial charge is 0.328 e. The third-order valence-electron chi connectivity index (χ3n) is 5.55. The number of carbonyl (C=O) groups excluding carboxylic acids is 3. The van der Waals surface area contributed by atoms with E-state index in [2.05, 4.69) is 62.4 Å². The van der Waals surface area contributed by atoms with Crippen molar-refractivity contribution in [2.24, 2.45) is 0 Å². The number of carboxylic acid groups (broad SMARTS) is 1. The van der Waals surface area contributed by atoms with E-state index in [0.717, 1.165) is 26.9 Å². The molecule has 3 N–H and O–H groups in total. The van der Waals surface area contributed by atoms with Gasteiger partial charge in [-0.3, -0.25) is 14.4 Å². The molecule has 2 fully saturated rings. The Morgan fingerprint density at radius 2 is 1.32 bits per heavy atom. The predicted molar refractivity (Wildman–Crippen MR) is 181 cm³/mol. The van der Waals surface area contributed by atoms with Crippen LogP contribution in [-0.4, -0.2) is 67.4 Å². The molecule has 0 aromatic heterocycles. The Bertz CT molecular complexity index is 1180. The standard InChI is InChI=1S/C14H16BrNO4.C10H11BrO3.C4H6BrNO2.CH4.H2S/c15-10-3-1-4-11(9-10)19-7-2-5-13(17)16-12-6-8-20-14(12)18;11-8-3-1-4-9(7-8)14-6-2-5-10(12)13;5-6-3-1-2-8-4(3)7;;/h1,3-4,9,12H,2,5-8H2,(H,16,17);1,3-4,7H,2,5-6H2,(H,12,13);3,6H,1-2H2;1H4;1H2/t12-;;3-;;/m0.0../s1. The van der Waals surface area contributed by atoms with E-state index >= 15 is 0 Å². The normalized spacial score (nSPS) is 16.2. The minimum atomic E-state index is -0.789. The van der Waals surface area contributed by atoms with Gasteiger partial charge < -0.3 is 29.4 Å². The zero-order chi connectivity index (χ0) is 30.7. The molecule has 0 unspecified atom stereocenters. The van der Waals surface area contributed by atoms with Crippen molar-refractivity contribution in [3.8, 4) is 11.5 Å². The number of carboxylic acids is 1. The number of nitrogens with one attached hydrogen (secondary N) is 2. The highest BCUT2D eigenvalue weighted by molar-refractivity contribution is 9.10. The average Bonchev–Trinajstić information content (AvgIpc) is 3.56. The maximum Gasteiger partial charge on any atom is 0.328 e. The first-order valence-corrected chi connectivity index (χ1v) is 15.5. The van der Waals surface area contributed by atoms with Gasteiger partial charge in [0.25, 0.3) is 0 Å².